The first-order valence-electron chi connectivity index (χ1n) is 5.01. The SMILES string of the molecule is FC(F)(F)c1ncccc1CN1CCNC1. The van der Waals surface area contributed by atoms with Gasteiger partial charge < -0.3 is 5.32 Å². The van der Waals surface area contributed by atoms with Crippen LogP contribution >= 0.6 is 0 Å². The second kappa shape index (κ2) is 4.39. The van der Waals surface area contributed by atoms with E-state index in [9.17, 15) is 13.2 Å². The van der Waals surface area contributed by atoms with Crippen molar-refractivity contribution in [3.05, 3.63) is 29.6 Å². The molecule has 1 aromatic rings. The Morgan fingerprint density at radius 2 is 2.25 bits per heavy atom. The van der Waals surface area contributed by atoms with Gasteiger partial charge in [0.15, 0.2) is 0 Å². The number of nitrogens with one attached hydrogen (secondary N) is 1. The standard InChI is InChI=1S/C10H12F3N3/c11-10(12,13)9-8(2-1-3-15-9)6-16-5-4-14-7-16/h1-3,14H,4-7H2. The number of pyridine rings is 1. The zero-order valence-electron chi connectivity index (χ0n) is 8.59. The van der Waals surface area contributed by atoms with Crippen LogP contribution in [0.3, 0.4) is 0 Å². The maximum atomic E-state index is 12.6. The van der Waals surface area contributed by atoms with Gasteiger partial charge in [0, 0.05) is 32.5 Å². The molecule has 1 fully saturated rings. The molecule has 0 saturated carbocycles. The van der Waals surface area contributed by atoms with Gasteiger partial charge in [-0.05, 0) is 11.6 Å². The molecule has 0 amide bonds. The van der Waals surface area contributed by atoms with Crippen LogP contribution in [0.2, 0.25) is 0 Å². The van der Waals surface area contributed by atoms with E-state index in [1.807, 2.05) is 4.90 Å². The lowest BCUT2D eigenvalue weighted by Crippen LogP contribution is -2.24. The number of rotatable bonds is 2. The van der Waals surface area contributed by atoms with E-state index < -0.39 is 11.9 Å². The number of halogens is 3. The minimum atomic E-state index is -4.37. The molecule has 1 aliphatic heterocycles. The Labute approximate surface area is 91.3 Å². The van der Waals surface area contributed by atoms with E-state index in [0.717, 1.165) is 13.1 Å². The molecule has 0 radical (unpaired) electrons. The zero-order valence-corrected chi connectivity index (χ0v) is 8.59. The van der Waals surface area contributed by atoms with Crippen molar-refractivity contribution in [2.45, 2.75) is 12.7 Å². The lowest BCUT2D eigenvalue weighted by Gasteiger charge is -2.17. The predicted molar refractivity (Wildman–Crippen MR) is 52.5 cm³/mol. The van der Waals surface area contributed by atoms with E-state index in [2.05, 4.69) is 10.3 Å². The predicted octanol–water partition coefficient (Wildman–Crippen LogP) is 1.46. The van der Waals surface area contributed by atoms with Crippen molar-refractivity contribution in [2.75, 3.05) is 19.8 Å². The molecule has 88 valence electrons. The zero-order chi connectivity index (χ0) is 11.6. The van der Waals surface area contributed by atoms with Crippen LogP contribution in [0.1, 0.15) is 11.3 Å². The van der Waals surface area contributed by atoms with Crippen molar-refractivity contribution < 1.29 is 13.2 Å². The fraction of sp³-hybridized carbons (Fsp3) is 0.500. The summed E-state index contributed by atoms with van der Waals surface area (Å²) < 4.78 is 37.9. The second-order valence-corrected chi connectivity index (χ2v) is 3.72. The van der Waals surface area contributed by atoms with E-state index in [-0.39, 0.29) is 12.1 Å². The Morgan fingerprint density at radius 1 is 1.44 bits per heavy atom. The van der Waals surface area contributed by atoms with E-state index in [0.29, 0.717) is 6.67 Å². The lowest BCUT2D eigenvalue weighted by atomic mass is 10.2. The van der Waals surface area contributed by atoms with E-state index in [4.69, 9.17) is 0 Å². The number of hydrogen-bond donors (Lipinski definition) is 1. The van der Waals surface area contributed by atoms with Crippen molar-refractivity contribution in [3.63, 3.8) is 0 Å². The summed E-state index contributed by atoms with van der Waals surface area (Å²) in [6.45, 7) is 2.51. The van der Waals surface area contributed by atoms with Gasteiger partial charge in [-0.1, -0.05) is 6.07 Å². The second-order valence-electron chi connectivity index (χ2n) is 3.72. The number of alkyl halides is 3. The Bertz CT molecular complexity index is 359. The summed E-state index contributed by atoms with van der Waals surface area (Å²) in [5.41, 5.74) is -0.541. The van der Waals surface area contributed by atoms with Crippen molar-refractivity contribution in [1.29, 1.82) is 0 Å². The fourth-order valence-electron chi connectivity index (χ4n) is 1.75. The topological polar surface area (TPSA) is 28.2 Å². The lowest BCUT2D eigenvalue weighted by molar-refractivity contribution is -0.142. The van der Waals surface area contributed by atoms with Gasteiger partial charge in [0.1, 0.15) is 5.69 Å². The Kier molecular flexibility index (Phi) is 3.11. The van der Waals surface area contributed by atoms with Crippen molar-refractivity contribution >= 4 is 0 Å². The largest absolute Gasteiger partial charge is 0.433 e. The third kappa shape index (κ3) is 2.51. The molecule has 6 heteroatoms. The smallest absolute Gasteiger partial charge is 0.303 e. The minimum Gasteiger partial charge on any atom is -0.303 e. The van der Waals surface area contributed by atoms with Crippen LogP contribution < -0.4 is 5.32 Å². The summed E-state index contributed by atoms with van der Waals surface area (Å²) in [5.74, 6) is 0. The summed E-state index contributed by atoms with van der Waals surface area (Å²) in [7, 11) is 0. The van der Waals surface area contributed by atoms with Crippen LogP contribution in [0.15, 0.2) is 18.3 Å². The highest BCUT2D eigenvalue weighted by atomic mass is 19.4. The molecule has 2 rings (SSSR count). The summed E-state index contributed by atoms with van der Waals surface area (Å²) in [6.07, 6.45) is -3.20. The van der Waals surface area contributed by atoms with Crippen LogP contribution in [0.25, 0.3) is 0 Å². The molecule has 0 atom stereocenters. The van der Waals surface area contributed by atoms with Gasteiger partial charge in [-0.3, -0.25) is 9.88 Å². The van der Waals surface area contributed by atoms with Crippen LogP contribution in [0.5, 0.6) is 0 Å². The maximum absolute atomic E-state index is 12.6. The number of nitrogens with zero attached hydrogens (tertiary/aromatic N) is 2. The molecule has 0 bridgehead atoms. The molecular weight excluding hydrogens is 219 g/mol. The quantitative estimate of drug-likeness (QED) is 0.835. The van der Waals surface area contributed by atoms with Crippen molar-refractivity contribution in [3.8, 4) is 0 Å². The molecule has 0 aromatic carbocycles. The molecule has 1 N–H and O–H groups in total. The summed E-state index contributed by atoms with van der Waals surface area (Å²) in [6, 6.07) is 3.02. The van der Waals surface area contributed by atoms with Crippen LogP contribution in [0, 0.1) is 0 Å². The summed E-state index contributed by atoms with van der Waals surface area (Å²) in [4.78, 5) is 5.34. The highest BCUT2D eigenvalue weighted by molar-refractivity contribution is 5.22. The van der Waals surface area contributed by atoms with Gasteiger partial charge in [0.25, 0.3) is 0 Å². The highest BCUT2D eigenvalue weighted by Gasteiger charge is 2.35. The molecule has 0 aliphatic carbocycles. The Balaban J connectivity index is 2.19. The van der Waals surface area contributed by atoms with Crippen molar-refractivity contribution in [2.24, 2.45) is 0 Å². The molecule has 0 spiro atoms. The van der Waals surface area contributed by atoms with Crippen molar-refractivity contribution in [1.82, 2.24) is 15.2 Å². The maximum Gasteiger partial charge on any atom is 0.433 e. The van der Waals surface area contributed by atoms with Gasteiger partial charge in [0.2, 0.25) is 0 Å². The first-order chi connectivity index (χ1) is 7.57. The van der Waals surface area contributed by atoms with Gasteiger partial charge in [0.05, 0.1) is 0 Å². The molecule has 1 aromatic heterocycles. The molecule has 1 aliphatic rings. The summed E-state index contributed by atoms with van der Waals surface area (Å²) >= 11 is 0. The third-order valence-electron chi connectivity index (χ3n) is 2.49. The normalized spacial score (nSPS) is 17.9. The fourth-order valence-corrected chi connectivity index (χ4v) is 1.75. The molecule has 0 unspecified atom stereocenters. The highest BCUT2D eigenvalue weighted by Crippen LogP contribution is 2.30. The first-order valence-corrected chi connectivity index (χ1v) is 5.01. The number of hydrogen-bond acceptors (Lipinski definition) is 3. The third-order valence-corrected chi connectivity index (χ3v) is 2.49. The van der Waals surface area contributed by atoms with Gasteiger partial charge in [-0.2, -0.15) is 13.2 Å². The van der Waals surface area contributed by atoms with E-state index in [1.165, 1.54) is 18.3 Å². The summed E-state index contributed by atoms with van der Waals surface area (Å²) in [5, 5.41) is 3.08. The average molecular weight is 231 g/mol. The Hall–Kier alpha value is -1.14. The molecule has 2 heterocycles. The minimum absolute atomic E-state index is 0.235. The van der Waals surface area contributed by atoms with E-state index in [1.54, 1.807) is 0 Å². The number of aromatic nitrogens is 1. The molecular formula is C10H12F3N3. The van der Waals surface area contributed by atoms with Gasteiger partial charge in [-0.25, -0.2) is 0 Å². The monoisotopic (exact) mass is 231 g/mol. The van der Waals surface area contributed by atoms with Gasteiger partial charge in [-0.15, -0.1) is 0 Å². The molecule has 1 saturated heterocycles. The Morgan fingerprint density at radius 3 is 2.88 bits per heavy atom. The van der Waals surface area contributed by atoms with Crippen LogP contribution in [-0.4, -0.2) is 29.6 Å². The first kappa shape index (κ1) is 11.3. The van der Waals surface area contributed by atoms with Crippen LogP contribution in [-0.2, 0) is 12.7 Å². The van der Waals surface area contributed by atoms with E-state index >= 15 is 0 Å². The molecule has 16 heavy (non-hydrogen) atoms. The average Bonchev–Trinajstić information content (AvgIpc) is 2.70. The van der Waals surface area contributed by atoms with Crippen LogP contribution in [0.4, 0.5) is 13.2 Å². The molecule has 3 nitrogen and oxygen atoms in total. The van der Waals surface area contributed by atoms with Gasteiger partial charge >= 0.3 is 6.18 Å².